The van der Waals surface area contributed by atoms with Crippen molar-refractivity contribution in [3.8, 4) is 0 Å². The molecule has 0 spiro atoms. The number of carbonyl (C=O) groups excluding carboxylic acids is 1. The van der Waals surface area contributed by atoms with Crippen molar-refractivity contribution in [2.75, 3.05) is 51.3 Å². The van der Waals surface area contributed by atoms with Crippen LogP contribution < -0.4 is 10.2 Å². The second kappa shape index (κ2) is 8.39. The molecule has 1 fully saturated rings. The topological polar surface area (TPSA) is 44.8 Å². The number of anilines is 1. The van der Waals surface area contributed by atoms with Gasteiger partial charge >= 0.3 is 6.03 Å². The molecule has 1 aliphatic rings. The minimum Gasteiger partial charge on any atom is -0.385 e. The van der Waals surface area contributed by atoms with Gasteiger partial charge in [-0.15, -0.1) is 0 Å². The van der Waals surface area contributed by atoms with Crippen LogP contribution in [0, 0.1) is 6.92 Å². The van der Waals surface area contributed by atoms with Crippen LogP contribution in [-0.4, -0.2) is 57.4 Å². The molecule has 1 heterocycles. The lowest BCUT2D eigenvalue weighted by atomic mass is 10.2. The molecule has 2 amide bonds. The monoisotopic (exact) mass is 369 g/mol. The van der Waals surface area contributed by atoms with Gasteiger partial charge in [-0.1, -0.05) is 6.07 Å². The van der Waals surface area contributed by atoms with Crippen molar-refractivity contribution >= 4 is 27.6 Å². The zero-order valence-electron chi connectivity index (χ0n) is 13.3. The number of rotatable bonds is 5. The Labute approximate surface area is 140 Å². The highest BCUT2D eigenvalue weighted by molar-refractivity contribution is 9.10. The molecule has 1 saturated heterocycles. The summed E-state index contributed by atoms with van der Waals surface area (Å²) in [5, 5.41) is 2.94. The van der Waals surface area contributed by atoms with Gasteiger partial charge in [-0.2, -0.15) is 0 Å². The van der Waals surface area contributed by atoms with Crippen molar-refractivity contribution in [3.63, 3.8) is 0 Å². The summed E-state index contributed by atoms with van der Waals surface area (Å²) in [6.45, 7) is 6.62. The molecular weight excluding hydrogens is 346 g/mol. The fourth-order valence-corrected chi connectivity index (χ4v) is 3.29. The van der Waals surface area contributed by atoms with Crippen molar-refractivity contribution in [2.24, 2.45) is 0 Å². The number of piperazine rings is 1. The van der Waals surface area contributed by atoms with Crippen LogP contribution in [0.1, 0.15) is 12.0 Å². The lowest BCUT2D eigenvalue weighted by Gasteiger charge is -2.36. The first-order valence-electron chi connectivity index (χ1n) is 7.64. The summed E-state index contributed by atoms with van der Waals surface area (Å²) in [4.78, 5) is 16.3. The lowest BCUT2D eigenvalue weighted by Crippen LogP contribution is -2.52. The summed E-state index contributed by atoms with van der Waals surface area (Å²) in [7, 11) is 1.67. The predicted octanol–water partition coefficient (Wildman–Crippen LogP) is 2.63. The van der Waals surface area contributed by atoms with Crippen LogP contribution in [0.25, 0.3) is 0 Å². The van der Waals surface area contributed by atoms with E-state index in [0.29, 0.717) is 13.2 Å². The molecule has 0 atom stereocenters. The number of hydrogen-bond acceptors (Lipinski definition) is 3. The molecular formula is C16H24BrN3O2. The average Bonchev–Trinajstić information content (AvgIpc) is 2.52. The molecule has 0 saturated carbocycles. The molecule has 1 aromatic carbocycles. The van der Waals surface area contributed by atoms with E-state index in [9.17, 15) is 4.79 Å². The quantitative estimate of drug-likeness (QED) is 0.811. The Hall–Kier alpha value is -1.27. The van der Waals surface area contributed by atoms with Crippen molar-refractivity contribution < 1.29 is 9.53 Å². The normalized spacial score (nSPS) is 15.0. The first kappa shape index (κ1) is 17.1. The second-order valence-electron chi connectivity index (χ2n) is 5.51. The number of hydrogen-bond donors (Lipinski definition) is 1. The van der Waals surface area contributed by atoms with Gasteiger partial charge in [0.1, 0.15) is 0 Å². The Kier molecular flexibility index (Phi) is 6.51. The molecule has 0 unspecified atom stereocenters. The van der Waals surface area contributed by atoms with Crippen molar-refractivity contribution in [1.29, 1.82) is 0 Å². The van der Waals surface area contributed by atoms with E-state index in [4.69, 9.17) is 4.74 Å². The molecule has 1 aliphatic heterocycles. The summed E-state index contributed by atoms with van der Waals surface area (Å²) in [6.07, 6.45) is 0.846. The van der Waals surface area contributed by atoms with Gasteiger partial charge in [0.25, 0.3) is 0 Å². The highest BCUT2D eigenvalue weighted by Gasteiger charge is 2.21. The number of aryl methyl sites for hydroxylation is 1. The maximum absolute atomic E-state index is 12.1. The molecule has 0 radical (unpaired) electrons. The van der Waals surface area contributed by atoms with Gasteiger partial charge in [0, 0.05) is 50.9 Å². The number of carbonyl (C=O) groups is 1. The highest BCUT2D eigenvalue weighted by Crippen LogP contribution is 2.28. The van der Waals surface area contributed by atoms with Gasteiger partial charge in [0.2, 0.25) is 0 Å². The molecule has 0 bridgehead atoms. The van der Waals surface area contributed by atoms with Crippen LogP contribution >= 0.6 is 15.9 Å². The second-order valence-corrected chi connectivity index (χ2v) is 6.36. The number of benzene rings is 1. The molecule has 0 aromatic heterocycles. The fraction of sp³-hybridized carbons (Fsp3) is 0.562. The van der Waals surface area contributed by atoms with Crippen LogP contribution in [0.4, 0.5) is 10.5 Å². The summed E-state index contributed by atoms with van der Waals surface area (Å²) in [5.74, 6) is 0. The lowest BCUT2D eigenvalue weighted by molar-refractivity contribution is 0.183. The Morgan fingerprint density at radius 1 is 1.32 bits per heavy atom. The zero-order chi connectivity index (χ0) is 15.9. The predicted molar refractivity (Wildman–Crippen MR) is 92.6 cm³/mol. The molecule has 122 valence electrons. The minimum atomic E-state index is 0.0266. The van der Waals surface area contributed by atoms with E-state index in [-0.39, 0.29) is 6.03 Å². The zero-order valence-corrected chi connectivity index (χ0v) is 14.9. The number of urea groups is 1. The average molecular weight is 370 g/mol. The maximum atomic E-state index is 12.1. The minimum absolute atomic E-state index is 0.0266. The summed E-state index contributed by atoms with van der Waals surface area (Å²) in [5.41, 5.74) is 2.44. The van der Waals surface area contributed by atoms with Gasteiger partial charge < -0.3 is 19.9 Å². The van der Waals surface area contributed by atoms with Crippen LogP contribution in [0.2, 0.25) is 0 Å². The van der Waals surface area contributed by atoms with E-state index < -0.39 is 0 Å². The number of methoxy groups -OCH3 is 1. The highest BCUT2D eigenvalue weighted by atomic mass is 79.9. The van der Waals surface area contributed by atoms with Crippen LogP contribution in [-0.2, 0) is 4.74 Å². The smallest absolute Gasteiger partial charge is 0.317 e. The van der Waals surface area contributed by atoms with E-state index in [2.05, 4.69) is 51.3 Å². The Morgan fingerprint density at radius 2 is 2.05 bits per heavy atom. The number of amides is 2. The van der Waals surface area contributed by atoms with Crippen molar-refractivity contribution in [2.45, 2.75) is 13.3 Å². The third-order valence-electron chi connectivity index (χ3n) is 3.81. The number of nitrogens with one attached hydrogen (secondary N) is 1. The Morgan fingerprint density at radius 3 is 2.68 bits per heavy atom. The number of halogens is 1. The van der Waals surface area contributed by atoms with Gasteiger partial charge in [0.05, 0.1) is 5.69 Å². The van der Waals surface area contributed by atoms with Crippen molar-refractivity contribution in [1.82, 2.24) is 10.2 Å². The summed E-state index contributed by atoms with van der Waals surface area (Å²) >= 11 is 3.63. The maximum Gasteiger partial charge on any atom is 0.317 e. The first-order chi connectivity index (χ1) is 10.6. The molecule has 6 heteroatoms. The third kappa shape index (κ3) is 4.61. The van der Waals surface area contributed by atoms with Gasteiger partial charge in [-0.3, -0.25) is 0 Å². The molecule has 5 nitrogen and oxygen atoms in total. The van der Waals surface area contributed by atoms with E-state index in [0.717, 1.165) is 37.1 Å². The van der Waals surface area contributed by atoms with E-state index in [1.807, 2.05) is 4.90 Å². The van der Waals surface area contributed by atoms with E-state index >= 15 is 0 Å². The van der Waals surface area contributed by atoms with E-state index in [1.165, 1.54) is 11.3 Å². The molecule has 1 aromatic rings. The van der Waals surface area contributed by atoms with Crippen LogP contribution in [0.5, 0.6) is 0 Å². The molecule has 2 rings (SSSR count). The summed E-state index contributed by atoms with van der Waals surface area (Å²) < 4.78 is 6.09. The molecule has 0 aliphatic carbocycles. The van der Waals surface area contributed by atoms with Gasteiger partial charge in [-0.25, -0.2) is 4.79 Å². The Bertz CT molecular complexity index is 502. The summed E-state index contributed by atoms with van der Waals surface area (Å²) in [6, 6.07) is 6.41. The molecule has 22 heavy (non-hydrogen) atoms. The first-order valence-corrected chi connectivity index (χ1v) is 8.44. The van der Waals surface area contributed by atoms with Gasteiger partial charge in [-0.05, 0) is 47.0 Å². The third-order valence-corrected chi connectivity index (χ3v) is 4.45. The SMILES string of the molecule is COCCCNC(=O)N1CCN(c2ccc(C)cc2Br)CC1. The molecule has 1 N–H and O–H groups in total. The standard InChI is InChI=1S/C16H24BrN3O2/c1-13-4-5-15(14(17)12-13)19-7-9-20(10-8-19)16(21)18-6-3-11-22-2/h4-5,12H,3,6-11H2,1-2H3,(H,18,21). The number of ether oxygens (including phenoxy) is 1. The van der Waals surface area contributed by atoms with Crippen LogP contribution in [0.15, 0.2) is 22.7 Å². The van der Waals surface area contributed by atoms with Gasteiger partial charge in [0.15, 0.2) is 0 Å². The van der Waals surface area contributed by atoms with Crippen molar-refractivity contribution in [3.05, 3.63) is 28.2 Å². The van der Waals surface area contributed by atoms with E-state index in [1.54, 1.807) is 7.11 Å². The number of nitrogens with zero attached hydrogens (tertiary/aromatic N) is 2. The largest absolute Gasteiger partial charge is 0.385 e. The fourth-order valence-electron chi connectivity index (χ4n) is 2.54. The van der Waals surface area contributed by atoms with Crippen LogP contribution in [0.3, 0.4) is 0 Å². The Balaban J connectivity index is 1.81.